The Balaban J connectivity index is 2.54. The molecule has 3 N–H and O–H groups in total. The van der Waals surface area contributed by atoms with E-state index in [9.17, 15) is 4.79 Å². The van der Waals surface area contributed by atoms with E-state index in [2.05, 4.69) is 5.32 Å². The smallest absolute Gasteiger partial charge is 0.174 e. The summed E-state index contributed by atoms with van der Waals surface area (Å²) in [4.78, 5) is 10.1. The topological polar surface area (TPSA) is 69.6 Å². The van der Waals surface area contributed by atoms with Gasteiger partial charge >= 0.3 is 0 Å². The lowest BCUT2D eigenvalue weighted by Crippen LogP contribution is -2.44. The molecule has 1 rings (SSSR count). The van der Waals surface area contributed by atoms with Gasteiger partial charge in [0.05, 0.1) is 0 Å². The summed E-state index contributed by atoms with van der Waals surface area (Å²) in [7, 11) is 0. The average Bonchev–Trinajstić information content (AvgIpc) is 2.13. The summed E-state index contributed by atoms with van der Waals surface area (Å²) >= 11 is 0. The molecule has 0 spiro atoms. The first-order valence-corrected chi connectivity index (χ1v) is 2.81. The third-order valence-corrected chi connectivity index (χ3v) is 1.41. The van der Waals surface area contributed by atoms with Crippen LogP contribution < -0.4 is 5.32 Å². The Hall–Kier alpha value is -0.450. The van der Waals surface area contributed by atoms with Crippen LogP contribution in [0.15, 0.2) is 0 Å². The number of carbonyl (C=O) groups is 1. The quantitative estimate of drug-likeness (QED) is 0.382. The molecule has 1 heterocycles. The molecule has 52 valence electrons. The monoisotopic (exact) mass is 131 g/mol. The maximum absolute atomic E-state index is 10.1. The Morgan fingerprint density at radius 1 is 1.78 bits per heavy atom. The molecule has 0 radical (unpaired) electrons. The maximum atomic E-state index is 10.1. The van der Waals surface area contributed by atoms with Crippen LogP contribution in [0.2, 0.25) is 0 Å². The van der Waals surface area contributed by atoms with Crippen LogP contribution in [0.25, 0.3) is 0 Å². The second kappa shape index (κ2) is 2.06. The number of aldehydes is 1. The van der Waals surface area contributed by atoms with Crippen LogP contribution in [0.4, 0.5) is 0 Å². The Kier molecular flexibility index (Phi) is 1.52. The van der Waals surface area contributed by atoms with Crippen molar-refractivity contribution in [2.45, 2.75) is 24.8 Å². The average molecular weight is 131 g/mol. The third kappa shape index (κ3) is 1.27. The van der Waals surface area contributed by atoms with Crippen LogP contribution >= 0.6 is 0 Å². The zero-order valence-electron chi connectivity index (χ0n) is 4.87. The normalized spacial score (nSPS) is 43.1. The molecule has 0 aliphatic carbocycles. The largest absolute Gasteiger partial charge is 0.379 e. The van der Waals surface area contributed by atoms with E-state index in [0.29, 0.717) is 12.7 Å². The van der Waals surface area contributed by atoms with Crippen LogP contribution in [0.5, 0.6) is 0 Å². The minimum Gasteiger partial charge on any atom is -0.379 e. The van der Waals surface area contributed by atoms with Crippen LogP contribution in [-0.4, -0.2) is 28.5 Å². The van der Waals surface area contributed by atoms with Crippen LogP contribution in [-0.2, 0) is 4.79 Å². The zero-order valence-corrected chi connectivity index (χ0v) is 4.87. The van der Waals surface area contributed by atoms with Gasteiger partial charge in [0.2, 0.25) is 0 Å². The number of aliphatic hydroxyl groups is 2. The second-order valence-corrected chi connectivity index (χ2v) is 2.24. The van der Waals surface area contributed by atoms with E-state index in [1.807, 2.05) is 0 Å². The first-order valence-electron chi connectivity index (χ1n) is 2.81. The number of carbonyl (C=O) groups excluding carboxylic acids is 1. The van der Waals surface area contributed by atoms with Crippen LogP contribution in [0, 0.1) is 0 Å². The lowest BCUT2D eigenvalue weighted by Gasteiger charge is -2.13. The molecule has 0 amide bonds. The zero-order chi connectivity index (χ0) is 6.91. The van der Waals surface area contributed by atoms with E-state index in [-0.39, 0.29) is 6.42 Å². The molecular formula is C5H9NO3. The van der Waals surface area contributed by atoms with Crippen molar-refractivity contribution in [3.8, 4) is 0 Å². The number of aliphatic hydroxyl groups excluding tert-OH is 1. The fourth-order valence-corrected chi connectivity index (χ4v) is 0.883. The summed E-state index contributed by atoms with van der Waals surface area (Å²) in [5, 5.41) is 20.1. The lowest BCUT2D eigenvalue weighted by atomic mass is 10.2. The minimum atomic E-state index is -1.47. The molecule has 0 aromatic carbocycles. The Morgan fingerprint density at radius 3 is 2.67 bits per heavy atom. The van der Waals surface area contributed by atoms with Gasteiger partial charge in [-0.25, -0.2) is 0 Å². The van der Waals surface area contributed by atoms with E-state index < -0.39 is 12.0 Å². The standard InChI is InChI=1S/C5H9NO3/c7-3-5(9)2-1-4(8)6-5/h3-4,6,8-9H,1-2H2. The van der Waals surface area contributed by atoms with E-state index in [0.717, 1.165) is 0 Å². The predicted octanol–water partition coefficient (Wildman–Crippen LogP) is -1.42. The van der Waals surface area contributed by atoms with Crippen molar-refractivity contribution in [3.05, 3.63) is 0 Å². The van der Waals surface area contributed by atoms with Crippen molar-refractivity contribution >= 4 is 6.29 Å². The minimum absolute atomic E-state index is 0.289. The highest BCUT2D eigenvalue weighted by atomic mass is 16.3. The lowest BCUT2D eigenvalue weighted by molar-refractivity contribution is -0.127. The molecule has 1 saturated heterocycles. The highest BCUT2D eigenvalue weighted by molar-refractivity contribution is 5.61. The summed E-state index contributed by atoms with van der Waals surface area (Å²) in [6.07, 6.45) is 0.385. The summed E-state index contributed by atoms with van der Waals surface area (Å²) in [6, 6.07) is 0. The van der Waals surface area contributed by atoms with Crippen molar-refractivity contribution in [1.29, 1.82) is 0 Å². The van der Waals surface area contributed by atoms with Gasteiger partial charge in [-0.3, -0.25) is 10.1 Å². The number of hydrogen-bond donors (Lipinski definition) is 3. The van der Waals surface area contributed by atoms with Gasteiger partial charge in [-0.2, -0.15) is 0 Å². The number of hydrogen-bond acceptors (Lipinski definition) is 4. The van der Waals surface area contributed by atoms with Gasteiger partial charge < -0.3 is 10.2 Å². The van der Waals surface area contributed by atoms with Crippen LogP contribution in [0.3, 0.4) is 0 Å². The van der Waals surface area contributed by atoms with Crippen molar-refractivity contribution in [1.82, 2.24) is 5.32 Å². The van der Waals surface area contributed by atoms with Crippen LogP contribution in [0.1, 0.15) is 12.8 Å². The third-order valence-electron chi connectivity index (χ3n) is 1.41. The molecule has 1 aliphatic rings. The fourth-order valence-electron chi connectivity index (χ4n) is 0.883. The summed E-state index contributed by atoms with van der Waals surface area (Å²) in [5.74, 6) is 0. The molecule has 2 atom stereocenters. The van der Waals surface area contributed by atoms with Crippen molar-refractivity contribution in [3.63, 3.8) is 0 Å². The molecule has 0 aromatic rings. The molecule has 1 fully saturated rings. The molecule has 1 aliphatic heterocycles. The maximum Gasteiger partial charge on any atom is 0.174 e. The van der Waals surface area contributed by atoms with E-state index in [4.69, 9.17) is 10.2 Å². The molecule has 4 heteroatoms. The van der Waals surface area contributed by atoms with Gasteiger partial charge in [0.15, 0.2) is 12.0 Å². The fraction of sp³-hybridized carbons (Fsp3) is 0.800. The molecule has 9 heavy (non-hydrogen) atoms. The molecule has 2 unspecified atom stereocenters. The van der Waals surface area contributed by atoms with Crippen molar-refractivity contribution in [2.75, 3.05) is 0 Å². The molecule has 0 bridgehead atoms. The van der Waals surface area contributed by atoms with E-state index >= 15 is 0 Å². The number of nitrogens with one attached hydrogen (secondary N) is 1. The summed E-state index contributed by atoms with van der Waals surface area (Å²) in [6.45, 7) is 0. The van der Waals surface area contributed by atoms with Crippen molar-refractivity contribution < 1.29 is 15.0 Å². The van der Waals surface area contributed by atoms with E-state index in [1.54, 1.807) is 0 Å². The number of rotatable bonds is 1. The van der Waals surface area contributed by atoms with Gasteiger partial charge in [0, 0.05) is 6.42 Å². The van der Waals surface area contributed by atoms with E-state index in [1.165, 1.54) is 0 Å². The Labute approximate surface area is 52.5 Å². The van der Waals surface area contributed by atoms with Gasteiger partial charge in [0.25, 0.3) is 0 Å². The van der Waals surface area contributed by atoms with Crippen molar-refractivity contribution in [2.24, 2.45) is 0 Å². The summed E-state index contributed by atoms with van der Waals surface area (Å²) < 4.78 is 0. The van der Waals surface area contributed by atoms with Gasteiger partial charge in [-0.05, 0) is 6.42 Å². The molecule has 0 saturated carbocycles. The second-order valence-electron chi connectivity index (χ2n) is 2.24. The van der Waals surface area contributed by atoms with Gasteiger partial charge in [-0.15, -0.1) is 0 Å². The Morgan fingerprint density at radius 2 is 2.44 bits per heavy atom. The first kappa shape index (κ1) is 6.67. The highest BCUT2D eigenvalue weighted by Crippen LogP contribution is 2.16. The SMILES string of the molecule is O=CC1(O)CCC(O)N1. The predicted molar refractivity (Wildman–Crippen MR) is 29.4 cm³/mol. The Bertz CT molecular complexity index is 127. The molecule has 0 aromatic heterocycles. The van der Waals surface area contributed by atoms with Gasteiger partial charge in [-0.1, -0.05) is 0 Å². The molecular weight excluding hydrogens is 122 g/mol. The molecule has 4 nitrogen and oxygen atoms in total. The summed E-state index contributed by atoms with van der Waals surface area (Å²) in [5.41, 5.74) is -1.47. The van der Waals surface area contributed by atoms with Gasteiger partial charge in [0.1, 0.15) is 6.23 Å². The highest BCUT2D eigenvalue weighted by Gasteiger charge is 2.34. The first-order chi connectivity index (χ1) is 4.16.